The molecule has 25 heavy (non-hydrogen) atoms. The van der Waals surface area contributed by atoms with Gasteiger partial charge in [0.05, 0.1) is 5.69 Å². The summed E-state index contributed by atoms with van der Waals surface area (Å²) in [5.74, 6) is 0. The van der Waals surface area contributed by atoms with Crippen LogP contribution in [-0.4, -0.2) is 10.8 Å². The molecule has 0 aliphatic heterocycles. The lowest BCUT2D eigenvalue weighted by Gasteiger charge is -2.10. The Morgan fingerprint density at radius 2 is 1.40 bits per heavy atom. The van der Waals surface area contributed by atoms with E-state index in [1.165, 1.54) is 28.2 Å². The molecule has 0 aliphatic carbocycles. The minimum absolute atomic E-state index is 0.995. The Bertz CT molecular complexity index is 866. The summed E-state index contributed by atoms with van der Waals surface area (Å²) < 4.78 is 2.29. The van der Waals surface area contributed by atoms with Gasteiger partial charge in [0.1, 0.15) is 0 Å². The molecule has 0 spiro atoms. The first-order chi connectivity index (χ1) is 12.1. The van der Waals surface area contributed by atoms with Crippen molar-refractivity contribution in [2.24, 2.45) is 4.99 Å². The molecular weight excluding hydrogens is 304 g/mol. The standard InChI is InChI=1S/C23H26N2/c1-5-19-7-11-22(12-8-19)24-16-21-15-17(3)25(18(21)4)23-13-9-20(6-2)10-14-23/h7-16H,5-6H2,1-4H3. The van der Waals surface area contributed by atoms with Gasteiger partial charge in [0.2, 0.25) is 0 Å². The molecule has 0 radical (unpaired) electrons. The summed E-state index contributed by atoms with van der Waals surface area (Å²) in [6, 6.07) is 19.5. The van der Waals surface area contributed by atoms with Crippen molar-refractivity contribution in [3.63, 3.8) is 0 Å². The maximum absolute atomic E-state index is 4.65. The Morgan fingerprint density at radius 3 is 1.96 bits per heavy atom. The van der Waals surface area contributed by atoms with Crippen LogP contribution in [0.2, 0.25) is 0 Å². The number of aryl methyl sites for hydroxylation is 3. The minimum Gasteiger partial charge on any atom is -0.318 e. The molecule has 0 amide bonds. The number of rotatable bonds is 5. The molecule has 0 fully saturated rings. The first-order valence-corrected chi connectivity index (χ1v) is 9.03. The first kappa shape index (κ1) is 17.2. The Labute approximate surface area is 150 Å². The molecule has 0 atom stereocenters. The fraction of sp³-hybridized carbons (Fsp3) is 0.261. The van der Waals surface area contributed by atoms with E-state index in [9.17, 15) is 0 Å². The fourth-order valence-electron chi connectivity index (χ4n) is 3.16. The van der Waals surface area contributed by atoms with Crippen molar-refractivity contribution < 1.29 is 0 Å². The van der Waals surface area contributed by atoms with Gasteiger partial charge in [-0.25, -0.2) is 0 Å². The van der Waals surface area contributed by atoms with Crippen LogP contribution < -0.4 is 0 Å². The number of aromatic nitrogens is 1. The van der Waals surface area contributed by atoms with Crippen molar-refractivity contribution in [3.8, 4) is 5.69 Å². The average Bonchev–Trinajstić information content (AvgIpc) is 2.94. The van der Waals surface area contributed by atoms with Crippen molar-refractivity contribution in [1.29, 1.82) is 0 Å². The summed E-state index contributed by atoms with van der Waals surface area (Å²) in [7, 11) is 0. The van der Waals surface area contributed by atoms with Crippen LogP contribution in [0.5, 0.6) is 0 Å². The monoisotopic (exact) mass is 330 g/mol. The van der Waals surface area contributed by atoms with E-state index < -0.39 is 0 Å². The Kier molecular flexibility index (Phi) is 5.18. The van der Waals surface area contributed by atoms with Gasteiger partial charge in [0.25, 0.3) is 0 Å². The lowest BCUT2D eigenvalue weighted by molar-refractivity contribution is 0.962. The van der Waals surface area contributed by atoms with Gasteiger partial charge in [-0.05, 0) is 68.1 Å². The number of benzene rings is 2. The molecule has 0 unspecified atom stereocenters. The van der Waals surface area contributed by atoms with Crippen molar-refractivity contribution in [1.82, 2.24) is 4.57 Å². The third-order valence-corrected chi connectivity index (χ3v) is 4.77. The summed E-state index contributed by atoms with van der Waals surface area (Å²) in [5.41, 5.74) is 8.52. The molecule has 0 N–H and O–H groups in total. The molecule has 0 aliphatic rings. The van der Waals surface area contributed by atoms with Crippen LogP contribution in [0, 0.1) is 13.8 Å². The second kappa shape index (κ2) is 7.52. The van der Waals surface area contributed by atoms with Crippen molar-refractivity contribution in [2.75, 3.05) is 0 Å². The van der Waals surface area contributed by atoms with E-state index in [2.05, 4.69) is 91.9 Å². The molecule has 128 valence electrons. The zero-order valence-electron chi connectivity index (χ0n) is 15.6. The topological polar surface area (TPSA) is 17.3 Å². The molecule has 0 saturated heterocycles. The van der Waals surface area contributed by atoms with Crippen molar-refractivity contribution >= 4 is 11.9 Å². The quantitative estimate of drug-likeness (QED) is 0.513. The highest BCUT2D eigenvalue weighted by Gasteiger charge is 2.09. The summed E-state index contributed by atoms with van der Waals surface area (Å²) >= 11 is 0. The van der Waals surface area contributed by atoms with E-state index in [0.717, 1.165) is 24.1 Å². The first-order valence-electron chi connectivity index (χ1n) is 9.03. The zero-order valence-corrected chi connectivity index (χ0v) is 15.6. The Morgan fingerprint density at radius 1 is 0.840 bits per heavy atom. The van der Waals surface area contributed by atoms with E-state index >= 15 is 0 Å². The van der Waals surface area contributed by atoms with E-state index in [1.54, 1.807) is 0 Å². The summed E-state index contributed by atoms with van der Waals surface area (Å²) in [4.78, 5) is 4.65. The number of aliphatic imine (C=N–C) groups is 1. The molecule has 0 bridgehead atoms. The molecule has 2 aromatic carbocycles. The lowest BCUT2D eigenvalue weighted by atomic mass is 10.1. The van der Waals surface area contributed by atoms with Gasteiger partial charge in [0.15, 0.2) is 0 Å². The summed E-state index contributed by atoms with van der Waals surface area (Å²) in [5, 5.41) is 0. The van der Waals surface area contributed by atoms with E-state index in [1.807, 2.05) is 6.21 Å². The van der Waals surface area contributed by atoms with Crippen LogP contribution in [0.25, 0.3) is 5.69 Å². The Balaban J connectivity index is 1.89. The van der Waals surface area contributed by atoms with Gasteiger partial charge in [-0.3, -0.25) is 4.99 Å². The minimum atomic E-state index is 0.995. The molecule has 1 heterocycles. The molecular formula is C23H26N2. The second-order valence-corrected chi connectivity index (χ2v) is 6.46. The molecule has 1 aromatic heterocycles. The number of hydrogen-bond donors (Lipinski definition) is 0. The van der Waals surface area contributed by atoms with Crippen LogP contribution in [-0.2, 0) is 12.8 Å². The Hall–Kier alpha value is -2.61. The van der Waals surface area contributed by atoms with Crippen molar-refractivity contribution in [2.45, 2.75) is 40.5 Å². The van der Waals surface area contributed by atoms with Crippen LogP contribution in [0.3, 0.4) is 0 Å². The number of nitrogens with zero attached hydrogens (tertiary/aromatic N) is 2. The predicted molar refractivity (Wildman–Crippen MR) is 108 cm³/mol. The lowest BCUT2D eigenvalue weighted by Crippen LogP contribution is -1.99. The van der Waals surface area contributed by atoms with Crippen LogP contribution >= 0.6 is 0 Å². The maximum atomic E-state index is 4.65. The third-order valence-electron chi connectivity index (χ3n) is 4.77. The van der Waals surface area contributed by atoms with Gasteiger partial charge >= 0.3 is 0 Å². The van der Waals surface area contributed by atoms with Crippen LogP contribution in [0.4, 0.5) is 5.69 Å². The fourth-order valence-corrected chi connectivity index (χ4v) is 3.16. The van der Waals surface area contributed by atoms with Crippen molar-refractivity contribution in [3.05, 3.63) is 82.7 Å². The number of hydrogen-bond acceptors (Lipinski definition) is 1. The summed E-state index contributed by atoms with van der Waals surface area (Å²) in [6.07, 6.45) is 4.10. The van der Waals surface area contributed by atoms with E-state index in [4.69, 9.17) is 0 Å². The van der Waals surface area contributed by atoms with Crippen LogP contribution in [0.1, 0.15) is 41.9 Å². The molecule has 3 aromatic rings. The summed E-state index contributed by atoms with van der Waals surface area (Å²) in [6.45, 7) is 8.65. The van der Waals surface area contributed by atoms with Gasteiger partial charge in [0, 0.05) is 28.9 Å². The predicted octanol–water partition coefficient (Wildman–Crippen LogP) is 5.97. The highest BCUT2D eigenvalue weighted by molar-refractivity contribution is 5.84. The average molecular weight is 330 g/mol. The highest BCUT2D eigenvalue weighted by atomic mass is 15.0. The maximum Gasteiger partial charge on any atom is 0.0630 e. The third kappa shape index (κ3) is 3.74. The molecule has 2 nitrogen and oxygen atoms in total. The van der Waals surface area contributed by atoms with Crippen LogP contribution in [0.15, 0.2) is 59.6 Å². The van der Waals surface area contributed by atoms with Gasteiger partial charge in [-0.1, -0.05) is 38.1 Å². The highest BCUT2D eigenvalue weighted by Crippen LogP contribution is 2.21. The second-order valence-electron chi connectivity index (χ2n) is 6.46. The van der Waals surface area contributed by atoms with E-state index in [0.29, 0.717) is 0 Å². The molecule has 3 rings (SSSR count). The smallest absolute Gasteiger partial charge is 0.0630 e. The van der Waals surface area contributed by atoms with Gasteiger partial charge < -0.3 is 4.57 Å². The molecule has 2 heteroatoms. The molecule has 0 saturated carbocycles. The van der Waals surface area contributed by atoms with E-state index in [-0.39, 0.29) is 0 Å². The largest absolute Gasteiger partial charge is 0.318 e. The van der Waals surface area contributed by atoms with Gasteiger partial charge in [-0.2, -0.15) is 0 Å². The SMILES string of the molecule is CCc1ccc(N=Cc2cc(C)n(-c3ccc(CC)cc3)c2C)cc1. The normalized spacial score (nSPS) is 11.4. The van der Waals surface area contributed by atoms with Gasteiger partial charge in [-0.15, -0.1) is 0 Å². The zero-order chi connectivity index (χ0) is 17.8.